The van der Waals surface area contributed by atoms with Gasteiger partial charge in [-0.1, -0.05) is 13.8 Å². The van der Waals surface area contributed by atoms with E-state index in [2.05, 4.69) is 0 Å². The Hall–Kier alpha value is -1.82. The molecule has 0 saturated heterocycles. The molecule has 19 heavy (non-hydrogen) atoms. The van der Waals surface area contributed by atoms with Crippen LogP contribution in [0.25, 0.3) is 0 Å². The summed E-state index contributed by atoms with van der Waals surface area (Å²) < 4.78 is 5.12. The number of anilines is 1. The van der Waals surface area contributed by atoms with Gasteiger partial charge in [-0.25, -0.2) is 0 Å². The summed E-state index contributed by atoms with van der Waals surface area (Å²) in [4.78, 5) is 12.5. The van der Waals surface area contributed by atoms with Gasteiger partial charge in [-0.2, -0.15) is 0 Å². The molecule has 106 valence electrons. The van der Waals surface area contributed by atoms with Crippen LogP contribution in [0.4, 0.5) is 11.4 Å². The Morgan fingerprint density at radius 2 is 2.11 bits per heavy atom. The normalized spacial score (nSPS) is 11.2. The second-order valence-corrected chi connectivity index (χ2v) is 5.34. The molecule has 1 aromatic carbocycles. The molecule has 0 heterocycles. The lowest BCUT2D eigenvalue weighted by Gasteiger charge is -2.30. The van der Waals surface area contributed by atoms with Crippen LogP contribution in [0.2, 0.25) is 0 Å². The number of nitro benzene ring substituents is 1. The van der Waals surface area contributed by atoms with Crippen LogP contribution in [-0.2, 0) is 0 Å². The summed E-state index contributed by atoms with van der Waals surface area (Å²) in [6, 6.07) is 4.72. The monoisotopic (exact) mass is 267 g/mol. The first-order valence-corrected chi connectivity index (χ1v) is 6.04. The number of hydrogen-bond acceptors (Lipinski definition) is 5. The van der Waals surface area contributed by atoms with Crippen LogP contribution in [0.3, 0.4) is 0 Å². The number of hydrogen-bond donors (Lipinski definition) is 1. The average molecular weight is 267 g/mol. The third-order valence-electron chi connectivity index (χ3n) is 3.01. The fourth-order valence-electron chi connectivity index (χ4n) is 1.88. The molecule has 0 aliphatic carbocycles. The molecular weight excluding hydrogens is 246 g/mol. The molecule has 0 unspecified atom stereocenters. The highest BCUT2D eigenvalue weighted by atomic mass is 16.6. The van der Waals surface area contributed by atoms with Gasteiger partial charge >= 0.3 is 0 Å². The molecule has 0 fully saturated rings. The predicted molar refractivity (Wildman–Crippen MR) is 75.8 cm³/mol. The van der Waals surface area contributed by atoms with Gasteiger partial charge in [-0.3, -0.25) is 10.1 Å². The Labute approximate surface area is 113 Å². The highest BCUT2D eigenvalue weighted by Gasteiger charge is 2.23. The summed E-state index contributed by atoms with van der Waals surface area (Å²) in [5.74, 6) is 0.595. The Morgan fingerprint density at radius 1 is 1.47 bits per heavy atom. The van der Waals surface area contributed by atoms with E-state index in [1.807, 2.05) is 25.8 Å². The standard InChI is InChI=1S/C13H21N3O3/c1-13(2,8-14)9-15(3)12-7-10(19-4)5-6-11(12)16(17)18/h5-7H,8-9,14H2,1-4H3. The van der Waals surface area contributed by atoms with Crippen LogP contribution >= 0.6 is 0 Å². The summed E-state index contributed by atoms with van der Waals surface area (Å²) in [6.45, 7) is 5.18. The van der Waals surface area contributed by atoms with Crippen molar-refractivity contribution in [1.29, 1.82) is 0 Å². The van der Waals surface area contributed by atoms with E-state index >= 15 is 0 Å². The van der Waals surface area contributed by atoms with Gasteiger partial charge in [0.25, 0.3) is 5.69 Å². The van der Waals surface area contributed by atoms with Crippen LogP contribution < -0.4 is 15.4 Å². The Morgan fingerprint density at radius 3 is 2.58 bits per heavy atom. The molecule has 0 aliphatic heterocycles. The van der Waals surface area contributed by atoms with E-state index in [-0.39, 0.29) is 16.0 Å². The summed E-state index contributed by atoms with van der Waals surface area (Å²) in [6.07, 6.45) is 0. The zero-order chi connectivity index (χ0) is 14.6. The van der Waals surface area contributed by atoms with Crippen LogP contribution in [-0.4, -0.2) is 32.2 Å². The van der Waals surface area contributed by atoms with Crippen LogP contribution in [0.15, 0.2) is 18.2 Å². The third-order valence-corrected chi connectivity index (χ3v) is 3.01. The summed E-state index contributed by atoms with van der Waals surface area (Å²) in [7, 11) is 3.36. The molecule has 6 nitrogen and oxygen atoms in total. The molecule has 0 atom stereocenters. The molecule has 6 heteroatoms. The highest BCUT2D eigenvalue weighted by Crippen LogP contribution is 2.32. The molecule has 1 rings (SSSR count). The number of benzene rings is 1. The second-order valence-electron chi connectivity index (χ2n) is 5.34. The fraction of sp³-hybridized carbons (Fsp3) is 0.538. The van der Waals surface area contributed by atoms with Gasteiger partial charge in [0.15, 0.2) is 0 Å². The first-order valence-electron chi connectivity index (χ1n) is 6.04. The first-order chi connectivity index (χ1) is 8.80. The molecule has 0 spiro atoms. The molecule has 0 aliphatic rings. The van der Waals surface area contributed by atoms with Crippen molar-refractivity contribution >= 4 is 11.4 Å². The van der Waals surface area contributed by atoms with Gasteiger partial charge in [-0.05, 0) is 18.0 Å². The molecule has 2 N–H and O–H groups in total. The van der Waals surface area contributed by atoms with E-state index < -0.39 is 0 Å². The minimum absolute atomic E-state index is 0.0659. The van der Waals surface area contributed by atoms with Gasteiger partial charge < -0.3 is 15.4 Å². The van der Waals surface area contributed by atoms with Gasteiger partial charge in [0.2, 0.25) is 0 Å². The van der Waals surface area contributed by atoms with E-state index in [4.69, 9.17) is 10.5 Å². The maximum absolute atomic E-state index is 11.1. The van der Waals surface area contributed by atoms with Gasteiger partial charge in [0.05, 0.1) is 12.0 Å². The van der Waals surface area contributed by atoms with Crippen molar-refractivity contribution in [2.45, 2.75) is 13.8 Å². The molecule has 0 aromatic heterocycles. The quantitative estimate of drug-likeness (QED) is 0.630. The van der Waals surface area contributed by atoms with Gasteiger partial charge in [0, 0.05) is 25.7 Å². The van der Waals surface area contributed by atoms with Crippen LogP contribution in [0.5, 0.6) is 5.75 Å². The summed E-state index contributed by atoms with van der Waals surface area (Å²) in [5.41, 5.74) is 6.18. The van der Waals surface area contributed by atoms with Crippen LogP contribution in [0, 0.1) is 15.5 Å². The van der Waals surface area contributed by atoms with E-state index in [9.17, 15) is 10.1 Å². The van der Waals surface area contributed by atoms with Crippen molar-refractivity contribution < 1.29 is 9.66 Å². The average Bonchev–Trinajstić information content (AvgIpc) is 2.37. The zero-order valence-electron chi connectivity index (χ0n) is 11.8. The van der Waals surface area contributed by atoms with Crippen molar-refractivity contribution in [3.8, 4) is 5.75 Å². The van der Waals surface area contributed by atoms with Crippen molar-refractivity contribution in [1.82, 2.24) is 0 Å². The zero-order valence-corrected chi connectivity index (χ0v) is 11.8. The van der Waals surface area contributed by atoms with E-state index in [1.54, 1.807) is 12.1 Å². The summed E-state index contributed by atoms with van der Waals surface area (Å²) in [5, 5.41) is 11.1. The van der Waals surface area contributed by atoms with Crippen LogP contribution in [0.1, 0.15) is 13.8 Å². The molecular formula is C13H21N3O3. The lowest BCUT2D eigenvalue weighted by atomic mass is 9.93. The Bertz CT molecular complexity index is 460. The topological polar surface area (TPSA) is 81.6 Å². The number of nitrogens with two attached hydrogens (primary N) is 1. The van der Waals surface area contributed by atoms with Crippen molar-refractivity contribution in [3.05, 3.63) is 28.3 Å². The van der Waals surface area contributed by atoms with Crippen molar-refractivity contribution in [2.24, 2.45) is 11.1 Å². The minimum atomic E-state index is -0.388. The first kappa shape index (κ1) is 15.2. The molecule has 0 saturated carbocycles. The Balaban J connectivity index is 3.12. The predicted octanol–water partition coefficient (Wildman–Crippen LogP) is 2.02. The molecule has 1 aromatic rings. The molecule has 0 bridgehead atoms. The fourth-order valence-corrected chi connectivity index (χ4v) is 1.88. The maximum atomic E-state index is 11.1. The third kappa shape index (κ3) is 3.82. The smallest absolute Gasteiger partial charge is 0.292 e. The minimum Gasteiger partial charge on any atom is -0.497 e. The Kier molecular flexibility index (Phi) is 4.72. The van der Waals surface area contributed by atoms with Gasteiger partial charge in [0.1, 0.15) is 11.4 Å². The highest BCUT2D eigenvalue weighted by molar-refractivity contribution is 5.65. The van der Waals surface area contributed by atoms with Crippen molar-refractivity contribution in [2.75, 3.05) is 32.1 Å². The van der Waals surface area contributed by atoms with E-state index in [1.165, 1.54) is 13.2 Å². The van der Waals surface area contributed by atoms with E-state index in [0.717, 1.165) is 0 Å². The lowest BCUT2D eigenvalue weighted by Crippen LogP contribution is -2.37. The number of methoxy groups -OCH3 is 1. The largest absolute Gasteiger partial charge is 0.497 e. The molecule has 0 radical (unpaired) electrons. The summed E-state index contributed by atoms with van der Waals surface area (Å²) >= 11 is 0. The number of nitrogens with zero attached hydrogens (tertiary/aromatic N) is 2. The number of ether oxygens (including phenoxy) is 1. The maximum Gasteiger partial charge on any atom is 0.292 e. The molecule has 0 amide bonds. The second kappa shape index (κ2) is 5.88. The number of nitro groups is 1. The number of rotatable bonds is 6. The van der Waals surface area contributed by atoms with E-state index in [0.29, 0.717) is 24.5 Å². The SMILES string of the molecule is COc1ccc([N+](=O)[O-])c(N(C)CC(C)(C)CN)c1. The van der Waals surface area contributed by atoms with Crippen molar-refractivity contribution in [3.63, 3.8) is 0 Å². The lowest BCUT2D eigenvalue weighted by molar-refractivity contribution is -0.384. The van der Waals surface area contributed by atoms with Gasteiger partial charge in [-0.15, -0.1) is 0 Å².